The SMILES string of the molecule is CC1(C#N)C[C@@H]2[C@@H](CF)OC[C@]2(c2ccccc2F)N=C1N. The van der Waals surface area contributed by atoms with E-state index in [2.05, 4.69) is 11.1 Å². The fraction of sp³-hybridized carbons (Fsp3) is 0.500. The second kappa shape index (κ2) is 5.03. The predicted octanol–water partition coefficient (Wildman–Crippen LogP) is 2.30. The zero-order chi connectivity index (χ0) is 16.0. The number of hydrogen-bond acceptors (Lipinski definition) is 4. The van der Waals surface area contributed by atoms with Crippen LogP contribution in [-0.2, 0) is 10.3 Å². The molecule has 2 aliphatic heterocycles. The van der Waals surface area contributed by atoms with Gasteiger partial charge in [-0.3, -0.25) is 4.99 Å². The third-order valence-electron chi connectivity index (χ3n) is 4.83. The lowest BCUT2D eigenvalue weighted by molar-refractivity contribution is 0.0632. The van der Waals surface area contributed by atoms with Crippen molar-refractivity contribution in [2.24, 2.45) is 22.1 Å². The van der Waals surface area contributed by atoms with E-state index in [1.807, 2.05) is 0 Å². The molecule has 4 atom stereocenters. The Kier molecular flexibility index (Phi) is 3.41. The zero-order valence-electron chi connectivity index (χ0n) is 12.2. The smallest absolute Gasteiger partial charge is 0.128 e. The van der Waals surface area contributed by atoms with Crippen LogP contribution in [0.2, 0.25) is 0 Å². The van der Waals surface area contributed by atoms with Crippen LogP contribution < -0.4 is 5.73 Å². The van der Waals surface area contributed by atoms with Gasteiger partial charge < -0.3 is 10.5 Å². The first-order valence-electron chi connectivity index (χ1n) is 7.16. The molecule has 0 radical (unpaired) electrons. The molecule has 6 heteroatoms. The minimum atomic E-state index is -1.05. The van der Waals surface area contributed by atoms with E-state index in [4.69, 9.17) is 10.5 Å². The van der Waals surface area contributed by atoms with Gasteiger partial charge in [0.15, 0.2) is 0 Å². The van der Waals surface area contributed by atoms with Gasteiger partial charge in [-0.2, -0.15) is 5.26 Å². The first kappa shape index (κ1) is 14.9. The Hall–Kier alpha value is -2.00. The van der Waals surface area contributed by atoms with E-state index < -0.39 is 35.5 Å². The highest BCUT2D eigenvalue weighted by Gasteiger charge is 2.58. The van der Waals surface area contributed by atoms with Crippen molar-refractivity contribution in [2.45, 2.75) is 25.0 Å². The van der Waals surface area contributed by atoms with Gasteiger partial charge in [0.25, 0.3) is 0 Å². The van der Waals surface area contributed by atoms with Crippen LogP contribution in [-0.4, -0.2) is 25.2 Å². The van der Waals surface area contributed by atoms with Crippen LogP contribution in [0.1, 0.15) is 18.9 Å². The van der Waals surface area contributed by atoms with Gasteiger partial charge >= 0.3 is 0 Å². The summed E-state index contributed by atoms with van der Waals surface area (Å²) in [6.45, 7) is 1.04. The van der Waals surface area contributed by atoms with Crippen molar-refractivity contribution in [1.29, 1.82) is 5.26 Å². The van der Waals surface area contributed by atoms with Crippen molar-refractivity contribution in [3.05, 3.63) is 35.6 Å². The third kappa shape index (κ3) is 1.92. The van der Waals surface area contributed by atoms with Crippen molar-refractivity contribution < 1.29 is 13.5 Å². The molecule has 2 N–H and O–H groups in total. The number of halogens is 2. The van der Waals surface area contributed by atoms with Gasteiger partial charge in [-0.25, -0.2) is 8.78 Å². The van der Waals surface area contributed by atoms with Crippen molar-refractivity contribution in [2.75, 3.05) is 13.3 Å². The number of benzene rings is 1. The minimum Gasteiger partial charge on any atom is -0.386 e. The van der Waals surface area contributed by atoms with E-state index in [1.54, 1.807) is 25.1 Å². The van der Waals surface area contributed by atoms with E-state index in [-0.39, 0.29) is 12.4 Å². The molecule has 2 aliphatic rings. The highest BCUT2D eigenvalue weighted by molar-refractivity contribution is 5.90. The van der Waals surface area contributed by atoms with Gasteiger partial charge in [0.2, 0.25) is 0 Å². The topological polar surface area (TPSA) is 71.4 Å². The molecular formula is C16H17F2N3O. The number of nitrogens with zero attached hydrogens (tertiary/aromatic N) is 2. The minimum absolute atomic E-state index is 0.0649. The van der Waals surface area contributed by atoms with Crippen molar-refractivity contribution in [3.8, 4) is 6.07 Å². The molecule has 1 unspecified atom stereocenters. The monoisotopic (exact) mass is 305 g/mol. The maximum Gasteiger partial charge on any atom is 0.128 e. The summed E-state index contributed by atoms with van der Waals surface area (Å²) in [5.74, 6) is -0.698. The Morgan fingerprint density at radius 1 is 1.50 bits per heavy atom. The average Bonchev–Trinajstić information content (AvgIpc) is 2.86. The van der Waals surface area contributed by atoms with Crippen LogP contribution in [0.5, 0.6) is 0 Å². The van der Waals surface area contributed by atoms with Crippen molar-refractivity contribution in [1.82, 2.24) is 0 Å². The molecule has 2 heterocycles. The molecule has 1 fully saturated rings. The van der Waals surface area contributed by atoms with Gasteiger partial charge in [0.1, 0.15) is 29.3 Å². The Morgan fingerprint density at radius 2 is 2.23 bits per heavy atom. The van der Waals surface area contributed by atoms with E-state index in [9.17, 15) is 14.0 Å². The quantitative estimate of drug-likeness (QED) is 0.911. The fourth-order valence-corrected chi connectivity index (χ4v) is 3.47. The number of aliphatic imine (C=N–C) groups is 1. The maximum atomic E-state index is 14.3. The lowest BCUT2D eigenvalue weighted by atomic mass is 9.67. The molecule has 0 aromatic heterocycles. The predicted molar refractivity (Wildman–Crippen MR) is 77.2 cm³/mol. The molecule has 1 saturated heterocycles. The third-order valence-corrected chi connectivity index (χ3v) is 4.83. The highest BCUT2D eigenvalue weighted by Crippen LogP contribution is 2.51. The van der Waals surface area contributed by atoms with Gasteiger partial charge in [0, 0.05) is 11.5 Å². The van der Waals surface area contributed by atoms with Gasteiger partial charge in [-0.15, -0.1) is 0 Å². The molecule has 0 aliphatic carbocycles. The molecule has 116 valence electrons. The summed E-state index contributed by atoms with van der Waals surface area (Å²) in [6.07, 6.45) is -0.411. The molecule has 0 saturated carbocycles. The van der Waals surface area contributed by atoms with Crippen LogP contribution in [0.15, 0.2) is 29.3 Å². The molecule has 0 spiro atoms. The summed E-state index contributed by atoms with van der Waals surface area (Å²) >= 11 is 0. The molecule has 1 aromatic rings. The standard InChI is InChI=1S/C16H17F2N3O/c1-15(8-19)6-11-13(7-17)22-9-16(11,21-14(15)20)10-4-2-3-5-12(10)18/h2-5,11,13H,6-7,9H2,1H3,(H2,20,21)/t11-,13-,15?,16-/m1/s1. The second-order valence-electron chi connectivity index (χ2n) is 6.16. The molecular weight excluding hydrogens is 288 g/mol. The van der Waals surface area contributed by atoms with Crippen LogP contribution in [0.3, 0.4) is 0 Å². The maximum absolute atomic E-state index is 14.3. The van der Waals surface area contributed by atoms with Crippen LogP contribution in [0.25, 0.3) is 0 Å². The summed E-state index contributed by atoms with van der Waals surface area (Å²) in [6, 6.07) is 8.40. The second-order valence-corrected chi connectivity index (χ2v) is 6.16. The first-order chi connectivity index (χ1) is 10.5. The summed E-state index contributed by atoms with van der Waals surface area (Å²) in [5.41, 5.74) is 4.30. The van der Waals surface area contributed by atoms with E-state index >= 15 is 0 Å². The Morgan fingerprint density at radius 3 is 2.86 bits per heavy atom. The number of hydrogen-bond donors (Lipinski definition) is 1. The van der Waals surface area contributed by atoms with Crippen LogP contribution in [0, 0.1) is 28.5 Å². The van der Waals surface area contributed by atoms with Crippen LogP contribution >= 0.6 is 0 Å². The normalized spacial score (nSPS) is 37.3. The number of alkyl halides is 1. The Bertz CT molecular complexity index is 672. The Labute approximate surface area is 127 Å². The fourth-order valence-electron chi connectivity index (χ4n) is 3.47. The summed E-state index contributed by atoms with van der Waals surface area (Å²) in [5, 5.41) is 9.39. The molecule has 1 aromatic carbocycles. The lowest BCUT2D eigenvalue weighted by Gasteiger charge is -2.41. The van der Waals surface area contributed by atoms with Crippen LogP contribution in [0.4, 0.5) is 8.78 Å². The van der Waals surface area contributed by atoms with E-state index in [0.29, 0.717) is 12.0 Å². The first-order valence-corrected chi connectivity index (χ1v) is 7.16. The summed E-state index contributed by atoms with van der Waals surface area (Å²) in [7, 11) is 0. The molecule has 0 amide bonds. The number of rotatable bonds is 2. The Balaban J connectivity index is 2.19. The molecule has 22 heavy (non-hydrogen) atoms. The largest absolute Gasteiger partial charge is 0.386 e. The number of ether oxygens (including phenoxy) is 1. The van der Waals surface area contributed by atoms with Gasteiger partial charge in [-0.05, 0) is 19.4 Å². The zero-order valence-corrected chi connectivity index (χ0v) is 12.2. The van der Waals surface area contributed by atoms with Crippen molar-refractivity contribution in [3.63, 3.8) is 0 Å². The summed E-state index contributed by atoms with van der Waals surface area (Å²) in [4.78, 5) is 4.47. The van der Waals surface area contributed by atoms with E-state index in [0.717, 1.165) is 0 Å². The highest BCUT2D eigenvalue weighted by atomic mass is 19.1. The van der Waals surface area contributed by atoms with Gasteiger partial charge in [0.05, 0.1) is 18.8 Å². The molecule has 3 rings (SSSR count). The number of fused-ring (bicyclic) bond motifs is 1. The van der Waals surface area contributed by atoms with Gasteiger partial charge in [-0.1, -0.05) is 18.2 Å². The van der Waals surface area contributed by atoms with Crippen molar-refractivity contribution >= 4 is 5.84 Å². The lowest BCUT2D eigenvalue weighted by Crippen LogP contribution is -2.50. The average molecular weight is 305 g/mol. The molecule has 0 bridgehead atoms. The number of nitrogens with two attached hydrogens (primary N) is 1. The number of nitriles is 1. The number of amidine groups is 1. The summed E-state index contributed by atoms with van der Waals surface area (Å²) < 4.78 is 33.2. The van der Waals surface area contributed by atoms with E-state index in [1.165, 1.54) is 6.07 Å². The molecule has 4 nitrogen and oxygen atoms in total.